The zero-order valence-electron chi connectivity index (χ0n) is 22.3. The van der Waals surface area contributed by atoms with E-state index in [0.717, 1.165) is 40.0 Å². The second-order valence-electron chi connectivity index (χ2n) is 10.4. The van der Waals surface area contributed by atoms with Gasteiger partial charge in [-0.25, -0.2) is 4.68 Å². The lowest BCUT2D eigenvalue weighted by atomic mass is 10.0. The van der Waals surface area contributed by atoms with Crippen LogP contribution in [0.2, 0.25) is 0 Å². The van der Waals surface area contributed by atoms with Crippen molar-refractivity contribution in [1.29, 1.82) is 0 Å². The molecule has 1 N–H and O–H groups in total. The SMILES string of the molecule is CC[C@H](c1nnnn1C(C)(C)C)N(Cc1ccccc1OC)Cc1cc2cc(C)cc(C)c2[nH]c1=O. The predicted octanol–water partition coefficient (Wildman–Crippen LogP) is 5.05. The number of hydrogen-bond donors (Lipinski definition) is 1. The zero-order chi connectivity index (χ0) is 26.0. The van der Waals surface area contributed by atoms with E-state index in [-0.39, 0.29) is 17.1 Å². The van der Waals surface area contributed by atoms with Crippen molar-refractivity contribution in [2.45, 2.75) is 72.6 Å². The standard InChI is InChI=1S/C28H36N6O2/c1-8-23(26-30-31-32-34(26)28(4,5)6)33(16-20-11-9-10-12-24(20)36-7)17-22-15-21-14-18(2)13-19(3)25(21)29-27(22)35/h9-15,23H,8,16-17H2,1-7H3,(H,29,35)/t23-/m1/s1. The highest BCUT2D eigenvalue weighted by molar-refractivity contribution is 5.82. The molecule has 0 amide bonds. The van der Waals surface area contributed by atoms with Crippen molar-refractivity contribution in [3.63, 3.8) is 0 Å². The summed E-state index contributed by atoms with van der Waals surface area (Å²) in [5.41, 5.74) is 4.50. The van der Waals surface area contributed by atoms with Crippen LogP contribution in [0, 0.1) is 13.8 Å². The molecule has 1 atom stereocenters. The third-order valence-corrected chi connectivity index (χ3v) is 6.56. The minimum absolute atomic E-state index is 0.0789. The zero-order valence-corrected chi connectivity index (χ0v) is 22.3. The van der Waals surface area contributed by atoms with E-state index in [1.807, 2.05) is 35.9 Å². The van der Waals surface area contributed by atoms with Crippen molar-refractivity contribution in [2.75, 3.05) is 7.11 Å². The fourth-order valence-corrected chi connectivity index (χ4v) is 4.88. The monoisotopic (exact) mass is 488 g/mol. The predicted molar refractivity (Wildman–Crippen MR) is 142 cm³/mol. The Morgan fingerprint density at radius 3 is 2.50 bits per heavy atom. The van der Waals surface area contributed by atoms with Crippen LogP contribution < -0.4 is 10.3 Å². The summed E-state index contributed by atoms with van der Waals surface area (Å²) in [5, 5.41) is 13.8. The highest BCUT2D eigenvalue weighted by Gasteiger charge is 2.30. The summed E-state index contributed by atoms with van der Waals surface area (Å²) in [7, 11) is 1.68. The summed E-state index contributed by atoms with van der Waals surface area (Å²) in [6.45, 7) is 13.5. The maximum absolute atomic E-state index is 13.3. The highest BCUT2D eigenvalue weighted by atomic mass is 16.5. The van der Waals surface area contributed by atoms with Gasteiger partial charge in [0.25, 0.3) is 5.56 Å². The van der Waals surface area contributed by atoms with Gasteiger partial charge in [0.2, 0.25) is 0 Å². The lowest BCUT2D eigenvalue weighted by molar-refractivity contribution is 0.152. The van der Waals surface area contributed by atoms with E-state index in [2.05, 4.69) is 78.2 Å². The molecule has 0 unspecified atom stereocenters. The van der Waals surface area contributed by atoms with Crippen LogP contribution in [0.5, 0.6) is 5.75 Å². The number of fused-ring (bicyclic) bond motifs is 1. The van der Waals surface area contributed by atoms with Crippen molar-refractivity contribution < 1.29 is 4.74 Å². The molecular weight excluding hydrogens is 452 g/mol. The summed E-state index contributed by atoms with van der Waals surface area (Å²) < 4.78 is 7.53. The first-order valence-electron chi connectivity index (χ1n) is 12.4. The smallest absolute Gasteiger partial charge is 0.252 e. The van der Waals surface area contributed by atoms with E-state index in [1.165, 1.54) is 5.56 Å². The molecule has 2 heterocycles. The number of benzene rings is 2. The molecule has 0 saturated heterocycles. The lowest BCUT2D eigenvalue weighted by Crippen LogP contribution is -2.35. The third kappa shape index (κ3) is 5.18. The number of nitrogens with zero attached hydrogens (tertiary/aromatic N) is 5. The Morgan fingerprint density at radius 1 is 1.08 bits per heavy atom. The van der Waals surface area contributed by atoms with E-state index in [0.29, 0.717) is 18.7 Å². The fourth-order valence-electron chi connectivity index (χ4n) is 4.88. The van der Waals surface area contributed by atoms with Crippen molar-refractivity contribution in [3.05, 3.63) is 80.9 Å². The summed E-state index contributed by atoms with van der Waals surface area (Å²) in [5.74, 6) is 1.59. The summed E-state index contributed by atoms with van der Waals surface area (Å²) >= 11 is 0. The number of methoxy groups -OCH3 is 1. The van der Waals surface area contributed by atoms with Crippen LogP contribution in [0.15, 0.2) is 47.3 Å². The van der Waals surface area contributed by atoms with Crippen LogP contribution in [-0.4, -0.2) is 37.2 Å². The van der Waals surface area contributed by atoms with Gasteiger partial charge in [0.05, 0.1) is 24.2 Å². The van der Waals surface area contributed by atoms with E-state index in [4.69, 9.17) is 4.74 Å². The Labute approximate surface area is 212 Å². The first-order chi connectivity index (χ1) is 17.1. The van der Waals surface area contributed by atoms with Crippen molar-refractivity contribution >= 4 is 10.9 Å². The molecule has 0 spiro atoms. The van der Waals surface area contributed by atoms with Gasteiger partial charge in [-0.2, -0.15) is 0 Å². The molecule has 2 aromatic carbocycles. The third-order valence-electron chi connectivity index (χ3n) is 6.56. The minimum atomic E-state index is -0.280. The number of aryl methyl sites for hydroxylation is 2. The molecule has 0 saturated carbocycles. The van der Waals surface area contributed by atoms with Crippen LogP contribution in [-0.2, 0) is 18.6 Å². The van der Waals surface area contributed by atoms with E-state index < -0.39 is 0 Å². The number of nitrogens with one attached hydrogen (secondary N) is 1. The highest BCUT2D eigenvalue weighted by Crippen LogP contribution is 2.31. The van der Waals surface area contributed by atoms with Gasteiger partial charge in [0, 0.05) is 24.2 Å². The minimum Gasteiger partial charge on any atom is -0.496 e. The number of ether oxygens (including phenoxy) is 1. The van der Waals surface area contributed by atoms with Gasteiger partial charge >= 0.3 is 0 Å². The maximum atomic E-state index is 13.3. The van der Waals surface area contributed by atoms with Gasteiger partial charge in [-0.1, -0.05) is 36.8 Å². The summed E-state index contributed by atoms with van der Waals surface area (Å²) in [4.78, 5) is 18.6. The molecule has 4 rings (SSSR count). The normalized spacial score (nSPS) is 12.9. The quantitative estimate of drug-likeness (QED) is 0.373. The molecule has 0 aliphatic heterocycles. The second kappa shape index (κ2) is 10.2. The molecule has 36 heavy (non-hydrogen) atoms. The van der Waals surface area contributed by atoms with Gasteiger partial charge in [-0.15, -0.1) is 5.10 Å². The van der Waals surface area contributed by atoms with Crippen molar-refractivity contribution in [3.8, 4) is 5.75 Å². The number of tetrazole rings is 1. The lowest BCUT2D eigenvalue weighted by Gasteiger charge is -2.32. The summed E-state index contributed by atoms with van der Waals surface area (Å²) in [6, 6.07) is 14.1. The van der Waals surface area contributed by atoms with Gasteiger partial charge < -0.3 is 9.72 Å². The number of pyridine rings is 1. The average Bonchev–Trinajstić information content (AvgIpc) is 3.31. The molecule has 0 aliphatic rings. The number of H-pyrrole nitrogens is 1. The number of aromatic nitrogens is 5. The van der Waals surface area contributed by atoms with Gasteiger partial charge in [-0.3, -0.25) is 9.69 Å². The van der Waals surface area contributed by atoms with Crippen molar-refractivity contribution in [1.82, 2.24) is 30.1 Å². The Morgan fingerprint density at radius 2 is 1.81 bits per heavy atom. The molecule has 2 aromatic heterocycles. The van der Waals surface area contributed by atoms with Gasteiger partial charge in [-0.05, 0) is 80.6 Å². The molecule has 8 nitrogen and oxygen atoms in total. The molecule has 0 radical (unpaired) electrons. The molecule has 8 heteroatoms. The molecule has 0 aliphatic carbocycles. The molecule has 4 aromatic rings. The van der Waals surface area contributed by atoms with E-state index >= 15 is 0 Å². The second-order valence-corrected chi connectivity index (χ2v) is 10.4. The maximum Gasteiger partial charge on any atom is 0.252 e. The Balaban J connectivity index is 1.82. The molecular formula is C28H36N6O2. The largest absolute Gasteiger partial charge is 0.496 e. The number of hydrogen-bond acceptors (Lipinski definition) is 6. The van der Waals surface area contributed by atoms with Crippen LogP contribution in [0.1, 0.15) is 68.2 Å². The van der Waals surface area contributed by atoms with Gasteiger partial charge in [0.1, 0.15) is 5.75 Å². The number of para-hydroxylation sites is 1. The first-order valence-corrected chi connectivity index (χ1v) is 12.4. The van der Waals surface area contributed by atoms with Crippen LogP contribution in [0.4, 0.5) is 0 Å². The number of rotatable bonds is 8. The number of aromatic amines is 1. The summed E-state index contributed by atoms with van der Waals surface area (Å²) in [6.07, 6.45) is 0.773. The molecule has 0 fully saturated rings. The average molecular weight is 489 g/mol. The molecule has 190 valence electrons. The van der Waals surface area contributed by atoms with Crippen LogP contribution >= 0.6 is 0 Å². The topological polar surface area (TPSA) is 88.9 Å². The van der Waals surface area contributed by atoms with E-state index in [1.54, 1.807) is 7.11 Å². The van der Waals surface area contributed by atoms with Crippen LogP contribution in [0.3, 0.4) is 0 Å². The first kappa shape index (κ1) is 25.6. The van der Waals surface area contributed by atoms with E-state index in [9.17, 15) is 4.79 Å². The Kier molecular flexibility index (Phi) is 7.26. The Bertz CT molecular complexity index is 1420. The van der Waals surface area contributed by atoms with Crippen LogP contribution in [0.25, 0.3) is 10.9 Å². The fraction of sp³-hybridized carbons (Fsp3) is 0.429. The Hall–Kier alpha value is -3.52. The van der Waals surface area contributed by atoms with Crippen molar-refractivity contribution in [2.24, 2.45) is 0 Å². The molecule has 0 bridgehead atoms. The van der Waals surface area contributed by atoms with Gasteiger partial charge in [0.15, 0.2) is 5.82 Å².